The molecule has 0 unspecified atom stereocenters. The average Bonchev–Trinajstić information content (AvgIpc) is 2.75. The van der Waals surface area contributed by atoms with E-state index in [1.54, 1.807) is 25.3 Å². The fourth-order valence-corrected chi connectivity index (χ4v) is 2.60. The molecule has 2 aromatic rings. The number of hydrogen-bond donors (Lipinski definition) is 0. The zero-order valence-corrected chi connectivity index (χ0v) is 16.1. The molecule has 0 fully saturated rings. The highest BCUT2D eigenvalue weighted by Crippen LogP contribution is 2.40. The number of nitrogens with zero attached hydrogens (tertiary/aromatic N) is 2. The highest BCUT2D eigenvalue weighted by molar-refractivity contribution is 5.87. The monoisotopic (exact) mass is 376 g/mol. The lowest BCUT2D eigenvalue weighted by molar-refractivity contribution is 0.324. The van der Waals surface area contributed by atoms with Crippen molar-refractivity contribution in [1.82, 2.24) is 0 Å². The lowest BCUT2D eigenvalue weighted by Gasteiger charge is -2.14. The van der Waals surface area contributed by atoms with E-state index in [0.717, 1.165) is 11.3 Å². The fourth-order valence-electron chi connectivity index (χ4n) is 2.60. The Morgan fingerprint density at radius 3 is 1.82 bits per heavy atom. The molecule has 6 nitrogen and oxygen atoms in total. The van der Waals surface area contributed by atoms with Crippen molar-refractivity contribution >= 4 is 11.6 Å². The average molecular weight is 376 g/mol. The SMILES string of the molecule is COc1ccc(/C=C/C(=C(C#N)C#N)c2cc(OC)c(OC)c(OC)c2)cc1. The number of hydrogen-bond acceptors (Lipinski definition) is 6. The minimum absolute atomic E-state index is 0.0287. The van der Waals surface area contributed by atoms with Crippen LogP contribution in [0.4, 0.5) is 0 Å². The minimum Gasteiger partial charge on any atom is -0.497 e. The largest absolute Gasteiger partial charge is 0.497 e. The van der Waals surface area contributed by atoms with E-state index >= 15 is 0 Å². The van der Waals surface area contributed by atoms with Gasteiger partial charge in [-0.15, -0.1) is 0 Å². The molecule has 0 bridgehead atoms. The Morgan fingerprint density at radius 1 is 0.821 bits per heavy atom. The summed E-state index contributed by atoms with van der Waals surface area (Å²) in [6.45, 7) is 0. The lowest BCUT2D eigenvalue weighted by Crippen LogP contribution is -1.97. The van der Waals surface area contributed by atoms with E-state index in [2.05, 4.69) is 0 Å². The number of nitriles is 2. The van der Waals surface area contributed by atoms with E-state index in [0.29, 0.717) is 28.4 Å². The van der Waals surface area contributed by atoms with Gasteiger partial charge in [0.2, 0.25) is 5.75 Å². The van der Waals surface area contributed by atoms with Crippen molar-refractivity contribution in [2.75, 3.05) is 28.4 Å². The summed E-state index contributed by atoms with van der Waals surface area (Å²) in [7, 11) is 6.12. The molecule has 2 rings (SSSR count). The topological polar surface area (TPSA) is 84.5 Å². The Hall–Kier alpha value is -3.90. The van der Waals surface area contributed by atoms with Gasteiger partial charge in [0, 0.05) is 5.57 Å². The molecule has 0 aromatic heterocycles. The molecule has 0 atom stereocenters. The van der Waals surface area contributed by atoms with E-state index in [4.69, 9.17) is 18.9 Å². The van der Waals surface area contributed by atoms with Gasteiger partial charge >= 0.3 is 0 Å². The summed E-state index contributed by atoms with van der Waals surface area (Å²) in [6, 6.07) is 14.7. The molecule has 0 aliphatic heterocycles. The van der Waals surface area contributed by atoms with Gasteiger partial charge in [0.25, 0.3) is 0 Å². The van der Waals surface area contributed by atoms with Crippen LogP contribution < -0.4 is 18.9 Å². The molecule has 0 saturated carbocycles. The predicted octanol–water partition coefficient (Wildman–Crippen LogP) is 4.24. The molecule has 6 heteroatoms. The van der Waals surface area contributed by atoms with Crippen molar-refractivity contribution in [3.63, 3.8) is 0 Å². The van der Waals surface area contributed by atoms with Crippen molar-refractivity contribution in [2.24, 2.45) is 0 Å². The summed E-state index contributed by atoms with van der Waals surface area (Å²) in [5.74, 6) is 2.04. The highest BCUT2D eigenvalue weighted by atomic mass is 16.5. The Morgan fingerprint density at radius 2 is 1.39 bits per heavy atom. The Kier molecular flexibility index (Phi) is 7.07. The van der Waals surface area contributed by atoms with Crippen LogP contribution in [0.1, 0.15) is 11.1 Å². The van der Waals surface area contributed by atoms with Crippen molar-refractivity contribution in [1.29, 1.82) is 10.5 Å². The van der Waals surface area contributed by atoms with Crippen molar-refractivity contribution in [2.45, 2.75) is 0 Å². The van der Waals surface area contributed by atoms with Gasteiger partial charge in [0.15, 0.2) is 11.5 Å². The first-order chi connectivity index (χ1) is 13.6. The number of methoxy groups -OCH3 is 4. The third kappa shape index (κ3) is 4.44. The van der Waals surface area contributed by atoms with Crippen LogP contribution in [-0.2, 0) is 0 Å². The fraction of sp³-hybridized carbons (Fsp3) is 0.182. The summed E-state index contributed by atoms with van der Waals surface area (Å²) in [6.07, 6.45) is 3.52. The maximum atomic E-state index is 9.41. The second kappa shape index (κ2) is 9.70. The van der Waals surface area contributed by atoms with E-state index in [9.17, 15) is 10.5 Å². The van der Waals surface area contributed by atoms with Crippen LogP contribution in [0.5, 0.6) is 23.0 Å². The third-order valence-electron chi connectivity index (χ3n) is 4.03. The highest BCUT2D eigenvalue weighted by Gasteiger charge is 2.16. The van der Waals surface area contributed by atoms with Crippen LogP contribution in [0, 0.1) is 22.7 Å². The molecule has 0 aliphatic rings. The van der Waals surface area contributed by atoms with Gasteiger partial charge in [0.05, 0.1) is 28.4 Å². The Labute approximate surface area is 164 Å². The van der Waals surface area contributed by atoms with Gasteiger partial charge in [-0.05, 0) is 35.4 Å². The standard InChI is InChI=1S/C22H20N2O4/c1-25-18-8-5-15(6-9-18)7-10-19(17(13-23)14-24)16-11-20(26-2)22(28-4)21(12-16)27-3/h5-12H,1-4H3/b10-7+. The number of allylic oxidation sites excluding steroid dienone is 3. The van der Waals surface area contributed by atoms with Crippen LogP contribution >= 0.6 is 0 Å². The second-order valence-corrected chi connectivity index (χ2v) is 5.53. The number of benzene rings is 2. The quantitative estimate of drug-likeness (QED) is 0.531. The Bertz CT molecular complexity index is 936. The molecule has 0 N–H and O–H groups in total. The van der Waals surface area contributed by atoms with Crippen LogP contribution in [0.25, 0.3) is 11.6 Å². The molecular formula is C22H20N2O4. The molecule has 0 aliphatic carbocycles. The van der Waals surface area contributed by atoms with Gasteiger partial charge in [-0.25, -0.2) is 0 Å². The zero-order chi connectivity index (χ0) is 20.5. The van der Waals surface area contributed by atoms with Crippen molar-refractivity contribution < 1.29 is 18.9 Å². The van der Waals surface area contributed by atoms with Crippen LogP contribution in [0.3, 0.4) is 0 Å². The molecule has 0 saturated heterocycles. The van der Waals surface area contributed by atoms with Gasteiger partial charge in [0.1, 0.15) is 23.5 Å². The third-order valence-corrected chi connectivity index (χ3v) is 4.03. The molecule has 142 valence electrons. The van der Waals surface area contributed by atoms with Gasteiger partial charge in [-0.3, -0.25) is 0 Å². The maximum absolute atomic E-state index is 9.41. The Balaban J connectivity index is 2.59. The molecule has 0 heterocycles. The van der Waals surface area contributed by atoms with Crippen LogP contribution in [0.15, 0.2) is 48.0 Å². The molecule has 0 radical (unpaired) electrons. The zero-order valence-electron chi connectivity index (χ0n) is 16.1. The summed E-state index contributed by atoms with van der Waals surface area (Å²) >= 11 is 0. The van der Waals surface area contributed by atoms with Gasteiger partial charge in [-0.2, -0.15) is 10.5 Å². The summed E-state index contributed by atoms with van der Waals surface area (Å²) in [4.78, 5) is 0. The molecule has 28 heavy (non-hydrogen) atoms. The molecule has 0 spiro atoms. The number of rotatable bonds is 7. The van der Waals surface area contributed by atoms with Crippen LogP contribution in [0.2, 0.25) is 0 Å². The van der Waals surface area contributed by atoms with E-state index < -0.39 is 0 Å². The summed E-state index contributed by atoms with van der Waals surface area (Å²) in [5.41, 5.74) is 1.90. The van der Waals surface area contributed by atoms with Gasteiger partial charge in [-0.1, -0.05) is 24.3 Å². The van der Waals surface area contributed by atoms with E-state index in [1.165, 1.54) is 21.3 Å². The van der Waals surface area contributed by atoms with E-state index in [1.807, 2.05) is 42.5 Å². The predicted molar refractivity (Wildman–Crippen MR) is 106 cm³/mol. The van der Waals surface area contributed by atoms with E-state index in [-0.39, 0.29) is 5.57 Å². The molecular weight excluding hydrogens is 356 g/mol. The first kappa shape index (κ1) is 20.4. The first-order valence-electron chi connectivity index (χ1n) is 8.28. The summed E-state index contributed by atoms with van der Waals surface area (Å²) in [5, 5.41) is 18.8. The summed E-state index contributed by atoms with van der Waals surface area (Å²) < 4.78 is 21.2. The normalized spacial score (nSPS) is 9.93. The number of ether oxygens (including phenoxy) is 4. The van der Waals surface area contributed by atoms with Gasteiger partial charge < -0.3 is 18.9 Å². The first-order valence-corrected chi connectivity index (χ1v) is 8.28. The smallest absolute Gasteiger partial charge is 0.203 e. The maximum Gasteiger partial charge on any atom is 0.203 e. The second-order valence-electron chi connectivity index (χ2n) is 5.53. The van der Waals surface area contributed by atoms with Crippen LogP contribution in [-0.4, -0.2) is 28.4 Å². The van der Waals surface area contributed by atoms with Crippen molar-refractivity contribution in [3.8, 4) is 35.1 Å². The minimum atomic E-state index is -0.0287. The van der Waals surface area contributed by atoms with Crippen molar-refractivity contribution in [3.05, 3.63) is 59.2 Å². The molecule has 0 amide bonds. The lowest BCUT2D eigenvalue weighted by atomic mass is 9.98. The molecule has 2 aromatic carbocycles.